The third-order valence-electron chi connectivity index (χ3n) is 7.47. The molecule has 192 valence electrons. The molecule has 6 nitrogen and oxygen atoms in total. The lowest BCUT2D eigenvalue weighted by molar-refractivity contribution is -0.195. The van der Waals surface area contributed by atoms with Gasteiger partial charge in [0, 0.05) is 22.1 Å². The van der Waals surface area contributed by atoms with Gasteiger partial charge in [0.2, 0.25) is 0 Å². The molecule has 1 fully saturated rings. The summed E-state index contributed by atoms with van der Waals surface area (Å²) in [4.78, 5) is 14.1. The molecule has 3 rings (SSSR count). The Labute approximate surface area is 217 Å². The van der Waals surface area contributed by atoms with Crippen molar-refractivity contribution in [2.24, 2.45) is 5.41 Å². The Morgan fingerprint density at radius 1 is 1.14 bits per heavy atom. The van der Waals surface area contributed by atoms with Crippen molar-refractivity contribution < 1.29 is 25.2 Å². The minimum Gasteiger partial charge on any atom is -0.481 e. The summed E-state index contributed by atoms with van der Waals surface area (Å²) < 4.78 is 0. The molecule has 0 bridgehead atoms. The minimum atomic E-state index is -1.54. The van der Waals surface area contributed by atoms with Crippen molar-refractivity contribution in [3.05, 3.63) is 69.7 Å². The highest BCUT2D eigenvalue weighted by molar-refractivity contribution is 6.30. The number of hydrogen-bond acceptors (Lipinski definition) is 5. The van der Waals surface area contributed by atoms with Gasteiger partial charge in [0.25, 0.3) is 0 Å². The van der Waals surface area contributed by atoms with E-state index in [0.29, 0.717) is 28.5 Å². The number of carbonyl (C=O) groups is 1. The number of aliphatic hydroxyl groups is 3. The molecular weight excluding hydrogens is 489 g/mol. The van der Waals surface area contributed by atoms with Gasteiger partial charge in [0.15, 0.2) is 0 Å². The third-order valence-corrected chi connectivity index (χ3v) is 7.96. The van der Waals surface area contributed by atoms with Gasteiger partial charge in [-0.05, 0) is 60.1 Å². The number of nitrogens with zero attached hydrogens (tertiary/aromatic N) is 1. The van der Waals surface area contributed by atoms with Gasteiger partial charge in [-0.1, -0.05) is 68.2 Å². The van der Waals surface area contributed by atoms with Crippen molar-refractivity contribution in [2.75, 3.05) is 6.61 Å². The number of carboxylic acids is 1. The fourth-order valence-corrected chi connectivity index (χ4v) is 6.50. The van der Waals surface area contributed by atoms with Gasteiger partial charge >= 0.3 is 5.97 Å². The molecule has 4 N–H and O–H groups in total. The fourth-order valence-electron chi connectivity index (χ4n) is 6.18. The van der Waals surface area contributed by atoms with Gasteiger partial charge in [0.05, 0.1) is 25.2 Å². The molecule has 35 heavy (non-hydrogen) atoms. The smallest absolute Gasteiger partial charge is 0.303 e. The summed E-state index contributed by atoms with van der Waals surface area (Å²) in [6, 6.07) is 12.7. The van der Waals surface area contributed by atoms with Gasteiger partial charge < -0.3 is 20.4 Å². The van der Waals surface area contributed by atoms with Crippen LogP contribution in [-0.4, -0.2) is 56.1 Å². The molecule has 1 heterocycles. The van der Waals surface area contributed by atoms with Crippen LogP contribution in [0.15, 0.2) is 48.5 Å². The Kier molecular flexibility index (Phi) is 8.90. The first-order chi connectivity index (χ1) is 16.5. The average molecular weight is 524 g/mol. The third kappa shape index (κ3) is 5.53. The van der Waals surface area contributed by atoms with E-state index in [0.717, 1.165) is 5.56 Å². The van der Waals surface area contributed by atoms with Crippen LogP contribution in [0.3, 0.4) is 0 Å². The van der Waals surface area contributed by atoms with E-state index in [4.69, 9.17) is 23.2 Å². The molecule has 1 aliphatic heterocycles. The molecule has 2 aromatic carbocycles. The SMILES string of the molecule is CCC(C(O)CO)N1C(CC)C(C)(CC(=O)O)CC(O)(c2cccc(Cl)c2)C1c1ccc(Cl)cc1. The van der Waals surface area contributed by atoms with Crippen LogP contribution in [0, 0.1) is 5.41 Å². The van der Waals surface area contributed by atoms with Crippen molar-refractivity contribution in [1.29, 1.82) is 0 Å². The number of carboxylic acid groups (broad SMARTS) is 1. The van der Waals surface area contributed by atoms with E-state index >= 15 is 0 Å². The first kappa shape index (κ1) is 27.9. The molecule has 6 unspecified atom stereocenters. The standard InChI is InChI=1S/C27H35Cl2NO5/c1-4-21(22(32)15-31)30-23(5-2)26(3,14-24(33)34)16-27(35,18-7-6-8-20(29)13-18)25(30)17-9-11-19(28)12-10-17/h6-13,21-23,25,31-32,35H,4-5,14-16H2,1-3H3,(H,33,34). The molecule has 1 saturated heterocycles. The van der Waals surface area contributed by atoms with Crippen LogP contribution in [0.5, 0.6) is 0 Å². The molecular formula is C27H35Cl2NO5. The Bertz CT molecular complexity index is 1020. The topological polar surface area (TPSA) is 101 Å². The molecule has 6 atom stereocenters. The maximum Gasteiger partial charge on any atom is 0.303 e. The molecule has 2 aromatic rings. The van der Waals surface area contributed by atoms with Gasteiger partial charge in [-0.15, -0.1) is 0 Å². The highest BCUT2D eigenvalue weighted by atomic mass is 35.5. The van der Waals surface area contributed by atoms with Crippen LogP contribution < -0.4 is 0 Å². The number of piperidine rings is 1. The number of aliphatic carboxylic acids is 1. The second-order valence-corrected chi connectivity index (χ2v) is 10.8. The predicted octanol–water partition coefficient (Wildman–Crippen LogP) is 5.02. The number of benzene rings is 2. The Morgan fingerprint density at radius 2 is 1.80 bits per heavy atom. The van der Waals surface area contributed by atoms with E-state index < -0.39 is 41.8 Å². The molecule has 0 spiro atoms. The first-order valence-corrected chi connectivity index (χ1v) is 12.8. The number of rotatable bonds is 9. The van der Waals surface area contributed by atoms with Crippen LogP contribution in [0.25, 0.3) is 0 Å². The Balaban J connectivity index is 2.36. The summed E-state index contributed by atoms with van der Waals surface area (Å²) in [5.41, 5.74) is -1.05. The molecule has 0 aliphatic carbocycles. The average Bonchev–Trinajstić information content (AvgIpc) is 2.79. The highest BCUT2D eigenvalue weighted by Gasteiger charge is 2.59. The monoisotopic (exact) mass is 523 g/mol. The predicted molar refractivity (Wildman–Crippen MR) is 138 cm³/mol. The molecule has 0 radical (unpaired) electrons. The summed E-state index contributed by atoms with van der Waals surface area (Å²) in [5.74, 6) is -0.958. The quantitative estimate of drug-likeness (QED) is 0.368. The molecule has 1 aliphatic rings. The van der Waals surface area contributed by atoms with Crippen LogP contribution in [0.1, 0.15) is 63.6 Å². The van der Waals surface area contributed by atoms with Crippen LogP contribution >= 0.6 is 23.2 Å². The maximum atomic E-state index is 12.6. The van der Waals surface area contributed by atoms with Gasteiger partial charge in [0.1, 0.15) is 5.60 Å². The zero-order chi connectivity index (χ0) is 26.0. The molecule has 0 saturated carbocycles. The fraction of sp³-hybridized carbons (Fsp3) is 0.519. The minimum absolute atomic E-state index is 0.163. The number of likely N-dealkylation sites (tertiary alicyclic amines) is 1. The molecule has 0 amide bonds. The highest BCUT2D eigenvalue weighted by Crippen LogP contribution is 2.57. The van der Waals surface area contributed by atoms with Crippen LogP contribution in [0.2, 0.25) is 10.0 Å². The maximum absolute atomic E-state index is 12.6. The lowest BCUT2D eigenvalue weighted by atomic mass is 9.60. The number of halogens is 2. The van der Waals surface area contributed by atoms with Crippen molar-refractivity contribution >= 4 is 29.2 Å². The summed E-state index contributed by atoms with van der Waals surface area (Å²) >= 11 is 12.5. The Hall–Kier alpha value is -1.67. The normalized spacial score (nSPS) is 29.0. The summed E-state index contributed by atoms with van der Waals surface area (Å²) in [5, 5.41) is 44.3. The lowest BCUT2D eigenvalue weighted by Crippen LogP contribution is -2.66. The van der Waals surface area contributed by atoms with E-state index in [-0.39, 0.29) is 18.9 Å². The van der Waals surface area contributed by atoms with E-state index in [2.05, 4.69) is 0 Å². The Morgan fingerprint density at radius 3 is 2.31 bits per heavy atom. The lowest BCUT2D eigenvalue weighted by Gasteiger charge is -2.61. The van der Waals surface area contributed by atoms with Gasteiger partial charge in [-0.2, -0.15) is 0 Å². The zero-order valence-corrected chi connectivity index (χ0v) is 21.9. The van der Waals surface area contributed by atoms with Crippen LogP contribution in [0.4, 0.5) is 0 Å². The molecule has 8 heteroatoms. The van der Waals surface area contributed by atoms with Crippen molar-refractivity contribution in [2.45, 2.75) is 76.3 Å². The van der Waals surface area contributed by atoms with Gasteiger partial charge in [-0.25, -0.2) is 0 Å². The van der Waals surface area contributed by atoms with Crippen molar-refractivity contribution in [3.8, 4) is 0 Å². The second kappa shape index (κ2) is 11.2. The van der Waals surface area contributed by atoms with Crippen molar-refractivity contribution in [3.63, 3.8) is 0 Å². The largest absolute Gasteiger partial charge is 0.481 e. The summed E-state index contributed by atoms with van der Waals surface area (Å²) in [6.07, 6.45) is -0.00459. The zero-order valence-electron chi connectivity index (χ0n) is 20.4. The first-order valence-electron chi connectivity index (χ1n) is 12.0. The number of hydrogen-bond donors (Lipinski definition) is 4. The van der Waals surface area contributed by atoms with Crippen molar-refractivity contribution in [1.82, 2.24) is 4.90 Å². The van der Waals surface area contributed by atoms with E-state index in [1.807, 2.05) is 37.8 Å². The van der Waals surface area contributed by atoms with E-state index in [1.165, 1.54) is 0 Å². The van der Waals surface area contributed by atoms with E-state index in [1.54, 1.807) is 36.4 Å². The van der Waals surface area contributed by atoms with E-state index in [9.17, 15) is 25.2 Å². The van der Waals surface area contributed by atoms with Crippen LogP contribution in [-0.2, 0) is 10.4 Å². The summed E-state index contributed by atoms with van der Waals surface area (Å²) in [7, 11) is 0. The molecule has 0 aromatic heterocycles. The summed E-state index contributed by atoms with van der Waals surface area (Å²) in [6.45, 7) is 5.33. The number of aliphatic hydroxyl groups excluding tert-OH is 2. The second-order valence-electron chi connectivity index (χ2n) is 9.89. The van der Waals surface area contributed by atoms with Gasteiger partial charge in [-0.3, -0.25) is 9.69 Å².